The molecule has 0 saturated carbocycles. The van der Waals surface area contributed by atoms with Crippen molar-refractivity contribution in [1.82, 2.24) is 20.3 Å². The minimum Gasteiger partial charge on any atom is -0.343 e. The number of non-ortho nitro benzene ring substituents is 1. The number of nitrogens with zero attached hydrogens (tertiary/aromatic N) is 4. The summed E-state index contributed by atoms with van der Waals surface area (Å²) in [5, 5.41) is 23.0. The number of hydrogen-bond donors (Lipinski definition) is 2. The molecule has 0 atom stereocenters. The Morgan fingerprint density at radius 3 is 2.52 bits per heavy atom. The number of carbonyl (C=O) groups excluding carboxylic acids is 2. The van der Waals surface area contributed by atoms with Crippen molar-refractivity contribution >= 4 is 23.2 Å². The Morgan fingerprint density at radius 2 is 1.85 bits per heavy atom. The molecule has 0 unspecified atom stereocenters. The van der Waals surface area contributed by atoms with Crippen molar-refractivity contribution in [3.8, 4) is 5.69 Å². The molecule has 0 fully saturated rings. The molecular formula is C20H17F3N6O4. The Morgan fingerprint density at radius 1 is 1.12 bits per heavy atom. The zero-order chi connectivity index (χ0) is 24.3. The van der Waals surface area contributed by atoms with Crippen LogP contribution in [0.4, 0.5) is 24.5 Å². The lowest BCUT2D eigenvalue weighted by Crippen LogP contribution is -2.33. The summed E-state index contributed by atoms with van der Waals surface area (Å²) in [5.74, 6) is -1.63. The van der Waals surface area contributed by atoms with Gasteiger partial charge in [0.15, 0.2) is 5.69 Å². The zero-order valence-electron chi connectivity index (χ0n) is 17.3. The van der Waals surface area contributed by atoms with Crippen LogP contribution in [-0.4, -0.2) is 44.5 Å². The molecule has 0 aliphatic rings. The number of nitro benzene ring substituents is 1. The number of aryl methyl sites for hydroxylation is 1. The molecule has 33 heavy (non-hydrogen) atoms. The average molecular weight is 462 g/mol. The fraction of sp³-hybridized carbons (Fsp3) is 0.200. The fourth-order valence-electron chi connectivity index (χ4n) is 2.88. The predicted octanol–water partition coefficient (Wildman–Crippen LogP) is 3.34. The molecule has 0 radical (unpaired) electrons. The summed E-state index contributed by atoms with van der Waals surface area (Å²) in [5.41, 5.74) is 1.07. The van der Waals surface area contributed by atoms with Gasteiger partial charge in [0, 0.05) is 23.4 Å². The maximum absolute atomic E-state index is 12.8. The lowest BCUT2D eigenvalue weighted by atomic mass is 10.1. The third-order valence-electron chi connectivity index (χ3n) is 4.59. The largest absolute Gasteiger partial charge is 0.405 e. The van der Waals surface area contributed by atoms with E-state index < -0.39 is 29.5 Å². The van der Waals surface area contributed by atoms with E-state index in [9.17, 15) is 32.9 Å². The van der Waals surface area contributed by atoms with Crippen LogP contribution in [0.5, 0.6) is 0 Å². The van der Waals surface area contributed by atoms with Crippen LogP contribution in [0.2, 0.25) is 0 Å². The SMILES string of the molecule is Cc1ccc(C(=O)NCC(F)(F)F)cc1NC(=O)c1nnn(-c2cccc([N+](=O)[O-])c2)c1C. The number of carbonyl (C=O) groups is 2. The maximum atomic E-state index is 12.8. The van der Waals surface area contributed by atoms with Gasteiger partial charge < -0.3 is 10.6 Å². The molecular weight excluding hydrogens is 445 g/mol. The van der Waals surface area contributed by atoms with Crippen LogP contribution in [0.15, 0.2) is 42.5 Å². The van der Waals surface area contributed by atoms with E-state index in [2.05, 4.69) is 15.6 Å². The molecule has 2 aromatic carbocycles. The van der Waals surface area contributed by atoms with Crippen molar-refractivity contribution < 1.29 is 27.7 Å². The molecule has 13 heteroatoms. The second-order valence-electron chi connectivity index (χ2n) is 6.99. The molecule has 0 saturated heterocycles. The Hall–Kier alpha value is -4.29. The second kappa shape index (κ2) is 9.06. The van der Waals surface area contributed by atoms with Crippen LogP contribution in [0.1, 0.15) is 32.1 Å². The van der Waals surface area contributed by atoms with Crippen LogP contribution in [0, 0.1) is 24.0 Å². The topological polar surface area (TPSA) is 132 Å². The molecule has 0 spiro atoms. The van der Waals surface area contributed by atoms with E-state index in [1.165, 1.54) is 41.1 Å². The molecule has 2 amide bonds. The van der Waals surface area contributed by atoms with E-state index in [1.54, 1.807) is 25.2 Å². The van der Waals surface area contributed by atoms with Crippen molar-refractivity contribution in [2.45, 2.75) is 20.0 Å². The first-order valence-corrected chi connectivity index (χ1v) is 9.40. The molecule has 3 rings (SSSR count). The van der Waals surface area contributed by atoms with Crippen molar-refractivity contribution in [3.05, 3.63) is 75.1 Å². The third kappa shape index (κ3) is 5.50. The minimum atomic E-state index is -4.56. The van der Waals surface area contributed by atoms with Gasteiger partial charge in [0.2, 0.25) is 0 Å². The normalized spacial score (nSPS) is 11.2. The lowest BCUT2D eigenvalue weighted by molar-refractivity contribution is -0.384. The van der Waals surface area contributed by atoms with Gasteiger partial charge >= 0.3 is 6.18 Å². The summed E-state index contributed by atoms with van der Waals surface area (Å²) < 4.78 is 38.3. The van der Waals surface area contributed by atoms with Gasteiger partial charge in [-0.2, -0.15) is 13.2 Å². The summed E-state index contributed by atoms with van der Waals surface area (Å²) in [4.78, 5) is 35.2. The Balaban J connectivity index is 1.82. The number of alkyl halides is 3. The van der Waals surface area contributed by atoms with E-state index in [-0.39, 0.29) is 22.6 Å². The van der Waals surface area contributed by atoms with Crippen LogP contribution < -0.4 is 10.6 Å². The number of anilines is 1. The maximum Gasteiger partial charge on any atom is 0.405 e. The minimum absolute atomic E-state index is 0.0721. The van der Waals surface area contributed by atoms with E-state index >= 15 is 0 Å². The number of aromatic nitrogens is 3. The van der Waals surface area contributed by atoms with E-state index in [1.807, 2.05) is 0 Å². The number of rotatable bonds is 6. The lowest BCUT2D eigenvalue weighted by Gasteiger charge is -2.12. The van der Waals surface area contributed by atoms with Gasteiger partial charge in [0.1, 0.15) is 6.54 Å². The number of hydrogen-bond acceptors (Lipinski definition) is 6. The first-order valence-electron chi connectivity index (χ1n) is 9.40. The molecule has 0 aliphatic heterocycles. The van der Waals surface area contributed by atoms with Gasteiger partial charge in [-0.05, 0) is 37.6 Å². The molecule has 0 aliphatic carbocycles. The predicted molar refractivity (Wildman–Crippen MR) is 110 cm³/mol. The molecule has 3 aromatic rings. The van der Waals surface area contributed by atoms with Crippen molar-refractivity contribution in [1.29, 1.82) is 0 Å². The van der Waals surface area contributed by atoms with Crippen LogP contribution in [0.3, 0.4) is 0 Å². The molecule has 172 valence electrons. The number of benzene rings is 2. The van der Waals surface area contributed by atoms with Crippen molar-refractivity contribution in [3.63, 3.8) is 0 Å². The first kappa shape index (κ1) is 23.4. The van der Waals surface area contributed by atoms with Gasteiger partial charge in [0.05, 0.1) is 16.3 Å². The fourth-order valence-corrected chi connectivity index (χ4v) is 2.88. The van der Waals surface area contributed by atoms with Gasteiger partial charge in [-0.1, -0.05) is 17.3 Å². The first-order chi connectivity index (χ1) is 15.5. The summed E-state index contributed by atoms with van der Waals surface area (Å²) in [7, 11) is 0. The quantitative estimate of drug-likeness (QED) is 0.427. The molecule has 2 N–H and O–H groups in total. The summed E-state index contributed by atoms with van der Waals surface area (Å²) in [6, 6.07) is 9.67. The molecule has 1 heterocycles. The Kier molecular flexibility index (Phi) is 6.42. The monoisotopic (exact) mass is 462 g/mol. The summed E-state index contributed by atoms with van der Waals surface area (Å²) in [6.07, 6.45) is -4.56. The highest BCUT2D eigenvalue weighted by Gasteiger charge is 2.28. The van der Waals surface area contributed by atoms with Crippen molar-refractivity contribution in [2.24, 2.45) is 0 Å². The van der Waals surface area contributed by atoms with Gasteiger partial charge in [0.25, 0.3) is 17.5 Å². The van der Waals surface area contributed by atoms with E-state index in [4.69, 9.17) is 0 Å². The molecule has 1 aromatic heterocycles. The summed E-state index contributed by atoms with van der Waals surface area (Å²) >= 11 is 0. The average Bonchev–Trinajstić information content (AvgIpc) is 3.14. The van der Waals surface area contributed by atoms with Gasteiger partial charge in [-0.25, -0.2) is 4.68 Å². The number of halogens is 3. The van der Waals surface area contributed by atoms with Crippen LogP contribution in [-0.2, 0) is 0 Å². The number of amides is 2. The molecule has 0 bridgehead atoms. The number of nitro groups is 1. The Labute approximate surface area is 184 Å². The third-order valence-corrected chi connectivity index (χ3v) is 4.59. The Bertz CT molecular complexity index is 1240. The highest BCUT2D eigenvalue weighted by atomic mass is 19.4. The second-order valence-corrected chi connectivity index (χ2v) is 6.99. The van der Waals surface area contributed by atoms with Crippen LogP contribution >= 0.6 is 0 Å². The van der Waals surface area contributed by atoms with Crippen molar-refractivity contribution in [2.75, 3.05) is 11.9 Å². The van der Waals surface area contributed by atoms with Crippen LogP contribution in [0.25, 0.3) is 5.69 Å². The highest BCUT2D eigenvalue weighted by molar-refractivity contribution is 6.05. The zero-order valence-corrected chi connectivity index (χ0v) is 17.3. The smallest absolute Gasteiger partial charge is 0.343 e. The molecule has 10 nitrogen and oxygen atoms in total. The standard InChI is InChI=1S/C20H17F3N6O4/c1-11-6-7-13(18(30)24-10-20(21,22)23)8-16(11)25-19(31)17-12(2)28(27-26-17)14-4-3-5-15(9-14)29(32)33/h3-9H,10H2,1-2H3,(H,24,30)(H,25,31). The van der Waals surface area contributed by atoms with E-state index in [0.717, 1.165) is 0 Å². The highest BCUT2D eigenvalue weighted by Crippen LogP contribution is 2.21. The van der Waals surface area contributed by atoms with Gasteiger partial charge in [-0.3, -0.25) is 19.7 Å². The van der Waals surface area contributed by atoms with E-state index in [0.29, 0.717) is 16.9 Å². The summed E-state index contributed by atoms with van der Waals surface area (Å²) in [6.45, 7) is 1.70. The number of nitrogens with one attached hydrogen (secondary N) is 2. The van der Waals surface area contributed by atoms with Gasteiger partial charge in [-0.15, -0.1) is 5.10 Å².